The summed E-state index contributed by atoms with van der Waals surface area (Å²) >= 11 is 0. The van der Waals surface area contributed by atoms with Crippen molar-refractivity contribution in [3.05, 3.63) is 0 Å². The smallest absolute Gasteiger partial charge is 0.0538 e. The molecule has 0 aliphatic carbocycles. The fourth-order valence-electron chi connectivity index (χ4n) is 2.07. The van der Waals surface area contributed by atoms with Gasteiger partial charge in [-0.25, -0.2) is 0 Å². The van der Waals surface area contributed by atoms with Crippen LogP contribution in [0.5, 0.6) is 0 Å². The first kappa shape index (κ1) is 15.9. The van der Waals surface area contributed by atoms with Crippen LogP contribution in [0.3, 0.4) is 0 Å². The molecule has 98 valence electrons. The molecule has 0 amide bonds. The molecule has 0 spiro atoms. The van der Waals surface area contributed by atoms with Crippen LogP contribution in [-0.4, -0.2) is 60.8 Å². The van der Waals surface area contributed by atoms with Gasteiger partial charge in [-0.15, -0.1) is 0 Å². The molecule has 0 saturated carbocycles. The average Bonchev–Trinajstić information content (AvgIpc) is 2.22. The summed E-state index contributed by atoms with van der Waals surface area (Å²) in [4.78, 5) is 4.72. The molecular weight excluding hydrogens is 200 g/mol. The third-order valence-electron chi connectivity index (χ3n) is 3.11. The van der Waals surface area contributed by atoms with Crippen molar-refractivity contribution in [3.63, 3.8) is 0 Å². The van der Waals surface area contributed by atoms with Gasteiger partial charge in [0.05, 0.1) is 6.10 Å². The highest BCUT2D eigenvalue weighted by molar-refractivity contribution is 4.69. The van der Waals surface area contributed by atoms with Gasteiger partial charge in [0.1, 0.15) is 0 Å². The molecule has 0 aliphatic rings. The Hall–Kier alpha value is -0.120. The summed E-state index contributed by atoms with van der Waals surface area (Å²) in [7, 11) is 4.23. The normalized spacial score (nSPS) is 15.8. The Morgan fingerprint density at radius 1 is 1.19 bits per heavy atom. The van der Waals surface area contributed by atoms with Gasteiger partial charge in [0.2, 0.25) is 0 Å². The van der Waals surface area contributed by atoms with E-state index in [0.29, 0.717) is 6.04 Å². The maximum atomic E-state index is 9.50. The first-order valence-corrected chi connectivity index (χ1v) is 6.58. The fraction of sp³-hybridized carbons (Fsp3) is 1.00. The van der Waals surface area contributed by atoms with Crippen LogP contribution in [0.25, 0.3) is 0 Å². The van der Waals surface area contributed by atoms with Gasteiger partial charge in [0.15, 0.2) is 0 Å². The monoisotopic (exact) mass is 230 g/mol. The summed E-state index contributed by atoms with van der Waals surface area (Å²) in [5.41, 5.74) is 0. The van der Waals surface area contributed by atoms with Crippen LogP contribution in [0.1, 0.15) is 40.0 Å². The average molecular weight is 230 g/mol. The Morgan fingerprint density at radius 2 is 1.81 bits per heavy atom. The van der Waals surface area contributed by atoms with Gasteiger partial charge < -0.3 is 10.0 Å². The maximum absolute atomic E-state index is 9.50. The molecule has 0 aromatic heterocycles. The summed E-state index contributed by atoms with van der Waals surface area (Å²) in [6.45, 7) is 9.82. The minimum atomic E-state index is -0.108. The van der Waals surface area contributed by atoms with Crippen molar-refractivity contribution in [1.82, 2.24) is 9.80 Å². The Morgan fingerprint density at radius 3 is 2.25 bits per heavy atom. The fourth-order valence-corrected chi connectivity index (χ4v) is 2.07. The SMILES string of the molecule is CCC(O)CCCN(CC)C(C)CN(C)C. The standard InChI is InChI=1S/C13H30N2O/c1-6-13(16)9-8-10-15(7-2)12(3)11-14(4)5/h12-13,16H,6-11H2,1-5H3. The summed E-state index contributed by atoms with van der Waals surface area (Å²) in [6, 6.07) is 0.596. The maximum Gasteiger partial charge on any atom is 0.0538 e. The van der Waals surface area contributed by atoms with Gasteiger partial charge in [0.25, 0.3) is 0 Å². The molecular formula is C13H30N2O. The zero-order valence-electron chi connectivity index (χ0n) is 11.7. The zero-order chi connectivity index (χ0) is 12.6. The molecule has 16 heavy (non-hydrogen) atoms. The molecule has 0 aliphatic heterocycles. The van der Waals surface area contributed by atoms with E-state index < -0.39 is 0 Å². The van der Waals surface area contributed by atoms with Crippen molar-refractivity contribution in [2.45, 2.75) is 52.2 Å². The van der Waals surface area contributed by atoms with E-state index in [2.05, 4.69) is 37.7 Å². The van der Waals surface area contributed by atoms with Gasteiger partial charge in [-0.3, -0.25) is 4.90 Å². The molecule has 0 rings (SSSR count). The lowest BCUT2D eigenvalue weighted by atomic mass is 10.1. The number of hydrogen-bond donors (Lipinski definition) is 1. The molecule has 3 nitrogen and oxygen atoms in total. The van der Waals surface area contributed by atoms with Crippen LogP contribution in [0.4, 0.5) is 0 Å². The minimum absolute atomic E-state index is 0.108. The van der Waals surface area contributed by atoms with Crippen molar-refractivity contribution in [2.24, 2.45) is 0 Å². The molecule has 2 atom stereocenters. The topological polar surface area (TPSA) is 26.7 Å². The second-order valence-electron chi connectivity index (χ2n) is 4.94. The molecule has 3 heteroatoms. The largest absolute Gasteiger partial charge is 0.393 e. The lowest BCUT2D eigenvalue weighted by molar-refractivity contribution is 0.137. The van der Waals surface area contributed by atoms with E-state index >= 15 is 0 Å². The van der Waals surface area contributed by atoms with Gasteiger partial charge in [-0.05, 0) is 53.4 Å². The van der Waals surface area contributed by atoms with Crippen LogP contribution >= 0.6 is 0 Å². The molecule has 1 N–H and O–H groups in total. The summed E-state index contributed by atoms with van der Waals surface area (Å²) in [5.74, 6) is 0. The highest BCUT2D eigenvalue weighted by atomic mass is 16.3. The number of hydrogen-bond acceptors (Lipinski definition) is 3. The van der Waals surface area contributed by atoms with Crippen LogP contribution in [0, 0.1) is 0 Å². The number of nitrogens with zero attached hydrogens (tertiary/aromatic N) is 2. The van der Waals surface area contributed by atoms with Crippen LogP contribution in [0.2, 0.25) is 0 Å². The number of rotatable bonds is 9. The molecule has 0 aromatic rings. The van der Waals surface area contributed by atoms with Crippen molar-refractivity contribution in [3.8, 4) is 0 Å². The molecule has 0 saturated heterocycles. The van der Waals surface area contributed by atoms with E-state index in [-0.39, 0.29) is 6.10 Å². The quantitative estimate of drug-likeness (QED) is 0.654. The van der Waals surface area contributed by atoms with Crippen LogP contribution in [-0.2, 0) is 0 Å². The Balaban J connectivity index is 3.81. The van der Waals surface area contributed by atoms with E-state index in [1.165, 1.54) is 0 Å². The predicted molar refractivity (Wildman–Crippen MR) is 70.8 cm³/mol. The summed E-state index contributed by atoms with van der Waals surface area (Å²) < 4.78 is 0. The van der Waals surface area contributed by atoms with Crippen molar-refractivity contribution >= 4 is 0 Å². The molecule has 0 heterocycles. The summed E-state index contributed by atoms with van der Waals surface area (Å²) in [6.07, 6.45) is 2.80. The third-order valence-corrected chi connectivity index (χ3v) is 3.11. The van der Waals surface area contributed by atoms with E-state index in [0.717, 1.165) is 38.9 Å². The van der Waals surface area contributed by atoms with Crippen molar-refractivity contribution < 1.29 is 5.11 Å². The Bertz CT molecular complexity index is 162. The predicted octanol–water partition coefficient (Wildman–Crippen LogP) is 1.81. The molecule has 0 aromatic carbocycles. The molecule has 0 bridgehead atoms. The third kappa shape index (κ3) is 7.20. The van der Waals surface area contributed by atoms with E-state index in [4.69, 9.17) is 0 Å². The molecule has 0 fully saturated rings. The number of likely N-dealkylation sites (N-methyl/N-ethyl adjacent to an activating group) is 2. The van der Waals surface area contributed by atoms with Crippen LogP contribution in [0.15, 0.2) is 0 Å². The Labute approximate surface area is 101 Å². The van der Waals surface area contributed by atoms with Crippen LogP contribution < -0.4 is 0 Å². The lowest BCUT2D eigenvalue weighted by Crippen LogP contribution is -2.40. The second-order valence-corrected chi connectivity index (χ2v) is 4.94. The van der Waals surface area contributed by atoms with E-state index in [1.807, 2.05) is 6.92 Å². The summed E-state index contributed by atoms with van der Waals surface area (Å²) in [5, 5.41) is 9.50. The second kappa shape index (κ2) is 8.97. The molecule has 2 unspecified atom stereocenters. The number of aliphatic hydroxyl groups excluding tert-OH is 1. The lowest BCUT2D eigenvalue weighted by Gasteiger charge is -2.30. The van der Waals surface area contributed by atoms with Gasteiger partial charge in [-0.2, -0.15) is 0 Å². The highest BCUT2D eigenvalue weighted by Crippen LogP contribution is 2.06. The van der Waals surface area contributed by atoms with Gasteiger partial charge in [-0.1, -0.05) is 13.8 Å². The van der Waals surface area contributed by atoms with Gasteiger partial charge in [0, 0.05) is 12.6 Å². The van der Waals surface area contributed by atoms with Gasteiger partial charge >= 0.3 is 0 Å². The molecule has 0 radical (unpaired) electrons. The highest BCUT2D eigenvalue weighted by Gasteiger charge is 2.12. The Kier molecular flexibility index (Phi) is 8.90. The first-order chi connectivity index (χ1) is 7.51. The number of aliphatic hydroxyl groups is 1. The zero-order valence-corrected chi connectivity index (χ0v) is 11.7. The van der Waals surface area contributed by atoms with Crippen molar-refractivity contribution in [2.75, 3.05) is 33.7 Å². The minimum Gasteiger partial charge on any atom is -0.393 e. The first-order valence-electron chi connectivity index (χ1n) is 6.58. The van der Waals surface area contributed by atoms with E-state index in [9.17, 15) is 5.11 Å². The van der Waals surface area contributed by atoms with E-state index in [1.54, 1.807) is 0 Å². The van der Waals surface area contributed by atoms with Crippen molar-refractivity contribution in [1.29, 1.82) is 0 Å².